The van der Waals surface area contributed by atoms with Crippen molar-refractivity contribution in [1.82, 2.24) is 9.97 Å². The van der Waals surface area contributed by atoms with Crippen molar-refractivity contribution >= 4 is 17.0 Å². The molecule has 0 saturated heterocycles. The van der Waals surface area contributed by atoms with Crippen molar-refractivity contribution in [3.05, 3.63) is 46.2 Å². The highest BCUT2D eigenvalue weighted by Crippen LogP contribution is 2.25. The van der Waals surface area contributed by atoms with E-state index in [4.69, 9.17) is 5.21 Å². The van der Waals surface area contributed by atoms with Gasteiger partial charge in [0.15, 0.2) is 5.01 Å². The van der Waals surface area contributed by atoms with Crippen LogP contribution in [0.25, 0.3) is 0 Å². The Morgan fingerprint density at radius 1 is 1.32 bits per heavy atom. The minimum atomic E-state index is -4.72. The summed E-state index contributed by atoms with van der Waals surface area (Å²) >= 11 is 0.791. The zero-order chi connectivity index (χ0) is 13.9. The van der Waals surface area contributed by atoms with Gasteiger partial charge in [0.2, 0.25) is 5.71 Å². The van der Waals surface area contributed by atoms with Crippen molar-refractivity contribution in [2.24, 2.45) is 5.16 Å². The van der Waals surface area contributed by atoms with Gasteiger partial charge < -0.3 is 5.21 Å². The molecule has 2 heterocycles. The third-order valence-corrected chi connectivity index (χ3v) is 3.16. The molecule has 4 nitrogen and oxygen atoms in total. The maximum absolute atomic E-state index is 12.5. The van der Waals surface area contributed by atoms with Crippen LogP contribution in [0.1, 0.15) is 16.3 Å². The van der Waals surface area contributed by atoms with Crippen molar-refractivity contribution in [2.45, 2.75) is 12.6 Å². The van der Waals surface area contributed by atoms with Crippen molar-refractivity contribution < 1.29 is 18.4 Å². The van der Waals surface area contributed by atoms with E-state index < -0.39 is 11.9 Å². The first kappa shape index (κ1) is 13.5. The molecule has 0 atom stereocenters. The Morgan fingerprint density at radius 3 is 2.58 bits per heavy atom. The van der Waals surface area contributed by atoms with Crippen LogP contribution in [0, 0.1) is 0 Å². The zero-order valence-electron chi connectivity index (χ0n) is 9.42. The van der Waals surface area contributed by atoms with Gasteiger partial charge in [-0.15, -0.1) is 11.3 Å². The minimum Gasteiger partial charge on any atom is -0.410 e. The summed E-state index contributed by atoms with van der Waals surface area (Å²) in [5, 5.41) is 11.9. The van der Waals surface area contributed by atoms with Gasteiger partial charge in [0.1, 0.15) is 0 Å². The van der Waals surface area contributed by atoms with Crippen LogP contribution in [0.4, 0.5) is 13.2 Å². The minimum absolute atomic E-state index is 0.348. The first-order valence-electron chi connectivity index (χ1n) is 5.13. The molecule has 2 rings (SSSR count). The predicted octanol–water partition coefficient (Wildman–Crippen LogP) is 2.87. The van der Waals surface area contributed by atoms with Crippen LogP contribution >= 0.6 is 11.3 Å². The number of hydrogen-bond donors (Lipinski definition) is 1. The van der Waals surface area contributed by atoms with Gasteiger partial charge in [0, 0.05) is 24.2 Å². The van der Waals surface area contributed by atoms with Gasteiger partial charge in [0.05, 0.1) is 5.69 Å². The fourth-order valence-corrected chi connectivity index (χ4v) is 2.25. The predicted molar refractivity (Wildman–Crippen MR) is 63.5 cm³/mol. The lowest BCUT2D eigenvalue weighted by atomic mass is 10.2. The second-order valence-electron chi connectivity index (χ2n) is 3.62. The highest BCUT2D eigenvalue weighted by Gasteiger charge is 2.39. The molecule has 0 saturated carbocycles. The molecule has 0 aliphatic heterocycles. The summed E-state index contributed by atoms with van der Waals surface area (Å²) in [5.74, 6) is 0. The average Bonchev–Trinajstić information content (AvgIpc) is 2.77. The van der Waals surface area contributed by atoms with Gasteiger partial charge >= 0.3 is 6.18 Å². The summed E-state index contributed by atoms with van der Waals surface area (Å²) in [7, 11) is 0. The van der Waals surface area contributed by atoms with Crippen LogP contribution in [0.5, 0.6) is 0 Å². The van der Waals surface area contributed by atoms with E-state index in [1.54, 1.807) is 24.5 Å². The number of halogens is 3. The van der Waals surface area contributed by atoms with Gasteiger partial charge in [-0.25, -0.2) is 4.98 Å². The summed E-state index contributed by atoms with van der Waals surface area (Å²) in [6.45, 7) is 0. The Bertz CT molecular complexity index is 580. The smallest absolute Gasteiger partial charge is 0.410 e. The van der Waals surface area contributed by atoms with E-state index in [-0.39, 0.29) is 5.01 Å². The zero-order valence-corrected chi connectivity index (χ0v) is 10.2. The summed E-state index contributed by atoms with van der Waals surface area (Å²) in [6.07, 6.45) is -1.13. The highest BCUT2D eigenvalue weighted by atomic mass is 32.1. The van der Waals surface area contributed by atoms with E-state index in [9.17, 15) is 13.2 Å². The SMILES string of the molecule is ON=C(c1nc(Cc2ccncc2)cs1)C(F)(F)F. The van der Waals surface area contributed by atoms with Gasteiger partial charge in [-0.3, -0.25) is 4.98 Å². The molecule has 100 valence electrons. The molecule has 0 radical (unpaired) electrons. The molecule has 0 aliphatic rings. The van der Waals surface area contributed by atoms with Crippen LogP contribution < -0.4 is 0 Å². The molecule has 0 bridgehead atoms. The van der Waals surface area contributed by atoms with Gasteiger partial charge in [-0.05, 0) is 17.7 Å². The molecular formula is C11H8F3N3OS. The van der Waals surface area contributed by atoms with Crippen molar-refractivity contribution in [2.75, 3.05) is 0 Å². The Labute approximate surface area is 110 Å². The van der Waals surface area contributed by atoms with Gasteiger partial charge in [0.25, 0.3) is 0 Å². The van der Waals surface area contributed by atoms with Crippen molar-refractivity contribution in [3.63, 3.8) is 0 Å². The van der Waals surface area contributed by atoms with Gasteiger partial charge in [-0.1, -0.05) is 5.16 Å². The van der Waals surface area contributed by atoms with E-state index >= 15 is 0 Å². The lowest BCUT2D eigenvalue weighted by Crippen LogP contribution is -2.23. The van der Waals surface area contributed by atoms with Crippen molar-refractivity contribution in [3.8, 4) is 0 Å². The Morgan fingerprint density at radius 2 is 2.00 bits per heavy atom. The number of aromatic nitrogens is 2. The molecule has 0 fully saturated rings. The number of rotatable bonds is 3. The molecule has 2 aromatic rings. The fraction of sp³-hybridized carbons (Fsp3) is 0.182. The summed E-state index contributed by atoms with van der Waals surface area (Å²) in [5.41, 5.74) is -0.00331. The Kier molecular flexibility index (Phi) is 3.79. The maximum Gasteiger partial charge on any atom is 0.439 e. The Hall–Kier alpha value is -1.96. The molecule has 0 amide bonds. The van der Waals surface area contributed by atoms with Crippen LogP contribution in [-0.2, 0) is 6.42 Å². The quantitative estimate of drug-likeness (QED) is 0.536. The molecular weight excluding hydrogens is 279 g/mol. The average molecular weight is 287 g/mol. The van der Waals surface area contributed by atoms with Crippen LogP contribution in [-0.4, -0.2) is 27.1 Å². The third-order valence-electron chi connectivity index (χ3n) is 2.26. The number of hydrogen-bond acceptors (Lipinski definition) is 5. The van der Waals surface area contributed by atoms with E-state index in [1.807, 2.05) is 0 Å². The number of oxime groups is 1. The van der Waals surface area contributed by atoms with E-state index in [0.29, 0.717) is 12.1 Å². The Balaban J connectivity index is 2.20. The van der Waals surface area contributed by atoms with Gasteiger partial charge in [-0.2, -0.15) is 13.2 Å². The monoisotopic (exact) mass is 287 g/mol. The summed E-state index contributed by atoms with van der Waals surface area (Å²) in [6, 6.07) is 3.51. The van der Waals surface area contributed by atoms with Crippen LogP contribution in [0.3, 0.4) is 0 Å². The highest BCUT2D eigenvalue weighted by molar-refractivity contribution is 7.11. The number of nitrogens with zero attached hydrogens (tertiary/aromatic N) is 3. The molecule has 0 spiro atoms. The van der Waals surface area contributed by atoms with E-state index in [1.165, 1.54) is 5.38 Å². The molecule has 0 aromatic carbocycles. The number of alkyl halides is 3. The third kappa shape index (κ3) is 3.28. The largest absolute Gasteiger partial charge is 0.439 e. The molecule has 0 unspecified atom stereocenters. The number of pyridine rings is 1. The standard InChI is InChI=1S/C11H8F3N3OS/c12-11(13,14)9(17-18)10-16-8(6-19-10)5-7-1-3-15-4-2-7/h1-4,6,18H,5H2. The molecule has 19 heavy (non-hydrogen) atoms. The van der Waals surface area contributed by atoms with Crippen molar-refractivity contribution in [1.29, 1.82) is 0 Å². The van der Waals surface area contributed by atoms with Crippen LogP contribution in [0.15, 0.2) is 35.1 Å². The fourth-order valence-electron chi connectivity index (χ4n) is 1.43. The summed E-state index contributed by atoms with van der Waals surface area (Å²) < 4.78 is 37.5. The van der Waals surface area contributed by atoms with E-state index in [2.05, 4.69) is 15.1 Å². The lowest BCUT2D eigenvalue weighted by molar-refractivity contribution is -0.0601. The lowest BCUT2D eigenvalue weighted by Gasteiger charge is -2.04. The first-order chi connectivity index (χ1) is 9.00. The van der Waals surface area contributed by atoms with Crippen LogP contribution in [0.2, 0.25) is 0 Å². The van der Waals surface area contributed by atoms with E-state index in [0.717, 1.165) is 16.9 Å². The molecule has 0 aliphatic carbocycles. The topological polar surface area (TPSA) is 58.4 Å². The molecule has 2 aromatic heterocycles. The normalized spacial score (nSPS) is 12.7. The number of thiazole rings is 1. The molecule has 1 N–H and O–H groups in total. The maximum atomic E-state index is 12.5. The first-order valence-corrected chi connectivity index (χ1v) is 6.01. The summed E-state index contributed by atoms with van der Waals surface area (Å²) in [4.78, 5) is 7.68. The second-order valence-corrected chi connectivity index (χ2v) is 4.48. The molecule has 8 heteroatoms. The second kappa shape index (κ2) is 5.35.